The third kappa shape index (κ3) is 5.34. The van der Waals surface area contributed by atoms with Crippen LogP contribution >= 0.6 is 11.6 Å². The molecular formula is C31H26ClN. The Hall–Kier alpha value is -3.81. The van der Waals surface area contributed by atoms with Crippen LogP contribution in [0.2, 0.25) is 5.02 Å². The minimum Gasteiger partial charge on any atom is -0.310 e. The largest absolute Gasteiger partial charge is 0.310 e. The molecule has 0 unspecified atom stereocenters. The van der Waals surface area contributed by atoms with E-state index in [1.165, 1.54) is 11.1 Å². The number of hydrogen-bond donors (Lipinski definition) is 0. The van der Waals surface area contributed by atoms with Crippen LogP contribution in [0.15, 0.2) is 134 Å². The molecule has 4 rings (SSSR count). The Morgan fingerprint density at radius 1 is 0.727 bits per heavy atom. The third-order valence-electron chi connectivity index (χ3n) is 5.40. The molecule has 4 aromatic carbocycles. The average Bonchev–Trinajstić information content (AvgIpc) is 2.86. The number of hydrogen-bond acceptors (Lipinski definition) is 1. The summed E-state index contributed by atoms with van der Waals surface area (Å²) in [5.74, 6) is 0. The molecule has 4 aromatic rings. The van der Waals surface area contributed by atoms with Crippen molar-refractivity contribution in [1.29, 1.82) is 0 Å². The smallest absolute Gasteiger partial charge is 0.0476 e. The molecule has 0 aliphatic heterocycles. The molecule has 0 saturated heterocycles. The lowest BCUT2D eigenvalue weighted by Crippen LogP contribution is -2.09. The van der Waals surface area contributed by atoms with Crippen LogP contribution in [0.25, 0.3) is 16.7 Å². The molecule has 0 fully saturated rings. The van der Waals surface area contributed by atoms with Crippen molar-refractivity contribution in [3.63, 3.8) is 0 Å². The monoisotopic (exact) mass is 447 g/mol. The molecule has 0 spiro atoms. The molecule has 0 bridgehead atoms. The van der Waals surface area contributed by atoms with Gasteiger partial charge in [-0.25, -0.2) is 0 Å². The van der Waals surface area contributed by atoms with Crippen LogP contribution in [0.1, 0.15) is 12.5 Å². The number of nitrogens with zero attached hydrogens (tertiary/aromatic N) is 1. The lowest BCUT2D eigenvalue weighted by molar-refractivity contribution is 1.28. The molecule has 0 aromatic heterocycles. The van der Waals surface area contributed by atoms with Crippen LogP contribution in [0.3, 0.4) is 0 Å². The molecule has 0 aliphatic carbocycles. The summed E-state index contributed by atoms with van der Waals surface area (Å²) in [6, 6.07) is 35.5. The van der Waals surface area contributed by atoms with Crippen LogP contribution < -0.4 is 4.90 Å². The maximum atomic E-state index is 6.35. The molecule has 0 atom stereocenters. The fraction of sp³-hybridized carbons (Fsp3) is 0.0323. The van der Waals surface area contributed by atoms with Gasteiger partial charge in [0.2, 0.25) is 0 Å². The fourth-order valence-electron chi connectivity index (χ4n) is 3.85. The first-order valence-electron chi connectivity index (χ1n) is 11.0. The molecule has 1 nitrogen and oxygen atoms in total. The first kappa shape index (κ1) is 22.4. The van der Waals surface area contributed by atoms with Gasteiger partial charge in [0.1, 0.15) is 0 Å². The second-order valence-corrected chi connectivity index (χ2v) is 8.07. The maximum Gasteiger partial charge on any atom is 0.0476 e. The Labute approximate surface area is 201 Å². The highest BCUT2D eigenvalue weighted by atomic mass is 35.5. The number of halogens is 1. The van der Waals surface area contributed by atoms with E-state index in [-0.39, 0.29) is 0 Å². The van der Waals surface area contributed by atoms with Gasteiger partial charge < -0.3 is 4.90 Å². The highest BCUT2D eigenvalue weighted by Gasteiger charge is 2.13. The van der Waals surface area contributed by atoms with E-state index in [4.69, 9.17) is 11.6 Å². The fourth-order valence-corrected chi connectivity index (χ4v) is 4.04. The van der Waals surface area contributed by atoms with Crippen LogP contribution in [0, 0.1) is 0 Å². The minimum atomic E-state index is 0.708. The number of benzene rings is 4. The van der Waals surface area contributed by atoms with Crippen molar-refractivity contribution in [2.24, 2.45) is 0 Å². The molecule has 0 radical (unpaired) electrons. The summed E-state index contributed by atoms with van der Waals surface area (Å²) in [5.41, 5.74) is 7.80. The predicted molar refractivity (Wildman–Crippen MR) is 145 cm³/mol. The van der Waals surface area contributed by atoms with Crippen molar-refractivity contribution in [1.82, 2.24) is 0 Å². The normalized spacial score (nSPS) is 11.5. The highest BCUT2D eigenvalue weighted by Crippen LogP contribution is 2.37. The van der Waals surface area contributed by atoms with Gasteiger partial charge in [-0.1, -0.05) is 103 Å². The van der Waals surface area contributed by atoms with Gasteiger partial charge in [0.25, 0.3) is 0 Å². The lowest BCUT2D eigenvalue weighted by atomic mass is 10.0. The quantitative estimate of drug-likeness (QED) is 0.255. The van der Waals surface area contributed by atoms with E-state index >= 15 is 0 Å². The average molecular weight is 448 g/mol. The van der Waals surface area contributed by atoms with Crippen molar-refractivity contribution in [2.45, 2.75) is 6.92 Å². The van der Waals surface area contributed by atoms with E-state index < -0.39 is 0 Å². The van der Waals surface area contributed by atoms with Crippen LogP contribution in [-0.4, -0.2) is 0 Å². The van der Waals surface area contributed by atoms with E-state index in [1.54, 1.807) is 0 Å². The molecule has 0 aliphatic rings. The first-order chi connectivity index (χ1) is 16.2. The van der Waals surface area contributed by atoms with Crippen molar-refractivity contribution < 1.29 is 0 Å². The topological polar surface area (TPSA) is 3.24 Å². The molecule has 33 heavy (non-hydrogen) atoms. The van der Waals surface area contributed by atoms with E-state index in [0.29, 0.717) is 5.02 Å². The molecule has 0 N–H and O–H groups in total. The SMILES string of the molecule is C=C/C=C(\C=C/C)c1ccc(N(c2ccc(-c3ccccc3)cc2)c2cccc(Cl)c2)cc1. The summed E-state index contributed by atoms with van der Waals surface area (Å²) in [5, 5.41) is 0.708. The van der Waals surface area contributed by atoms with Gasteiger partial charge in [0, 0.05) is 22.1 Å². The van der Waals surface area contributed by atoms with Crippen LogP contribution in [0.4, 0.5) is 17.1 Å². The van der Waals surface area contributed by atoms with Gasteiger partial charge in [-0.3, -0.25) is 0 Å². The zero-order chi connectivity index (χ0) is 23.0. The molecular weight excluding hydrogens is 422 g/mol. The van der Waals surface area contributed by atoms with E-state index in [2.05, 4.69) is 96.4 Å². The Morgan fingerprint density at radius 2 is 1.36 bits per heavy atom. The van der Waals surface area contributed by atoms with Crippen LogP contribution in [0.5, 0.6) is 0 Å². The number of allylic oxidation sites excluding steroid dienone is 5. The number of rotatable bonds is 7. The van der Waals surface area contributed by atoms with Crippen molar-refractivity contribution in [3.05, 3.63) is 145 Å². The van der Waals surface area contributed by atoms with Crippen molar-refractivity contribution in [2.75, 3.05) is 4.90 Å². The molecule has 162 valence electrons. The molecule has 0 amide bonds. The third-order valence-corrected chi connectivity index (χ3v) is 5.64. The second-order valence-electron chi connectivity index (χ2n) is 7.63. The summed E-state index contributed by atoms with van der Waals surface area (Å²) in [4.78, 5) is 2.22. The van der Waals surface area contributed by atoms with Gasteiger partial charge in [0.15, 0.2) is 0 Å². The van der Waals surface area contributed by atoms with E-state index in [9.17, 15) is 0 Å². The summed E-state index contributed by atoms with van der Waals surface area (Å²) in [6.45, 7) is 5.86. The second kappa shape index (κ2) is 10.7. The van der Waals surface area contributed by atoms with Gasteiger partial charge in [-0.15, -0.1) is 0 Å². The van der Waals surface area contributed by atoms with Crippen molar-refractivity contribution in [3.8, 4) is 11.1 Å². The molecule has 2 heteroatoms. The Balaban J connectivity index is 1.75. The van der Waals surface area contributed by atoms with Gasteiger partial charge in [-0.05, 0) is 71.7 Å². The van der Waals surface area contributed by atoms with Crippen LogP contribution in [-0.2, 0) is 0 Å². The Bertz CT molecular complexity index is 1270. The number of anilines is 3. The first-order valence-corrected chi connectivity index (χ1v) is 11.3. The van der Waals surface area contributed by atoms with Gasteiger partial charge in [-0.2, -0.15) is 0 Å². The zero-order valence-electron chi connectivity index (χ0n) is 18.7. The summed E-state index contributed by atoms with van der Waals surface area (Å²) in [6.07, 6.45) is 7.96. The Kier molecular flexibility index (Phi) is 7.24. The highest BCUT2D eigenvalue weighted by molar-refractivity contribution is 6.30. The summed E-state index contributed by atoms with van der Waals surface area (Å²) in [7, 11) is 0. The molecule has 0 heterocycles. The standard InChI is InChI=1S/C31H26ClN/c1-3-9-24(10-4-2)26-15-19-29(20-16-26)33(31-14-8-13-28(32)23-31)30-21-17-27(18-22-30)25-11-6-5-7-12-25/h3-23H,1H2,2H3/b10-4-,24-9+. The molecule has 0 saturated carbocycles. The van der Waals surface area contributed by atoms with E-state index in [0.717, 1.165) is 28.2 Å². The lowest BCUT2D eigenvalue weighted by Gasteiger charge is -2.26. The van der Waals surface area contributed by atoms with Gasteiger partial charge >= 0.3 is 0 Å². The summed E-state index contributed by atoms with van der Waals surface area (Å²) >= 11 is 6.35. The van der Waals surface area contributed by atoms with Crippen molar-refractivity contribution >= 4 is 34.2 Å². The predicted octanol–water partition coefficient (Wildman–Crippen LogP) is 9.62. The summed E-state index contributed by atoms with van der Waals surface area (Å²) < 4.78 is 0. The zero-order valence-corrected chi connectivity index (χ0v) is 19.4. The minimum absolute atomic E-state index is 0.708. The Morgan fingerprint density at radius 3 is 1.97 bits per heavy atom. The van der Waals surface area contributed by atoms with Gasteiger partial charge in [0.05, 0.1) is 0 Å². The van der Waals surface area contributed by atoms with E-state index in [1.807, 2.05) is 49.4 Å². The maximum absolute atomic E-state index is 6.35.